The third-order valence-electron chi connectivity index (χ3n) is 7.40. The number of carbonyl (C=O) groups is 2. The molecule has 1 aromatic heterocycles. The lowest BCUT2D eigenvalue weighted by molar-refractivity contribution is -0.142. The van der Waals surface area contributed by atoms with Crippen molar-refractivity contribution in [3.05, 3.63) is 99.5 Å². The van der Waals surface area contributed by atoms with Crippen molar-refractivity contribution in [1.82, 2.24) is 15.6 Å². The number of rotatable bonds is 8. The number of benzene rings is 3. The fraction of sp³-hybridized carbons (Fsp3) is 0.281. The molecule has 4 aromatic rings. The summed E-state index contributed by atoms with van der Waals surface area (Å²) in [5.41, 5.74) is 4.72. The number of ether oxygens (including phenoxy) is 1. The van der Waals surface area contributed by atoms with Gasteiger partial charge < -0.3 is 15.4 Å². The maximum Gasteiger partial charge on any atom is 0.328 e. The predicted molar refractivity (Wildman–Crippen MR) is 160 cm³/mol. The number of hydrogen-bond acceptors (Lipinski definition) is 5. The molecule has 3 aromatic carbocycles. The van der Waals surface area contributed by atoms with Gasteiger partial charge >= 0.3 is 5.97 Å². The molecule has 6 nitrogen and oxygen atoms in total. The number of hydrogen-bond donors (Lipinski definition) is 2. The minimum absolute atomic E-state index is 0.278. The highest BCUT2D eigenvalue weighted by Crippen LogP contribution is 2.34. The zero-order chi connectivity index (χ0) is 28.1. The fourth-order valence-corrected chi connectivity index (χ4v) is 5.80. The van der Waals surface area contributed by atoms with Crippen molar-refractivity contribution in [1.29, 1.82) is 0 Å². The molecule has 0 aliphatic carbocycles. The van der Waals surface area contributed by atoms with Crippen LogP contribution in [0.2, 0.25) is 10.0 Å². The largest absolute Gasteiger partial charge is 0.467 e. The average Bonchev–Trinajstić information content (AvgIpc) is 2.97. The molecule has 1 aliphatic heterocycles. The molecule has 8 heteroatoms. The summed E-state index contributed by atoms with van der Waals surface area (Å²) in [7, 11) is 1.32. The molecule has 2 N–H and O–H groups in total. The number of amides is 1. The van der Waals surface area contributed by atoms with Crippen LogP contribution in [0.1, 0.15) is 34.3 Å². The summed E-state index contributed by atoms with van der Waals surface area (Å²) in [6, 6.07) is 21.7. The molecule has 1 aliphatic rings. The van der Waals surface area contributed by atoms with Gasteiger partial charge in [0, 0.05) is 22.9 Å². The van der Waals surface area contributed by atoms with Gasteiger partial charge in [-0.25, -0.2) is 9.78 Å². The van der Waals surface area contributed by atoms with E-state index in [0.717, 1.165) is 36.0 Å². The highest BCUT2D eigenvalue weighted by Gasteiger charge is 2.23. The number of fused-ring (bicyclic) bond motifs is 1. The van der Waals surface area contributed by atoms with Crippen molar-refractivity contribution in [2.45, 2.75) is 31.7 Å². The van der Waals surface area contributed by atoms with E-state index in [2.05, 4.69) is 10.6 Å². The van der Waals surface area contributed by atoms with Gasteiger partial charge in [-0.2, -0.15) is 0 Å². The first-order valence-electron chi connectivity index (χ1n) is 13.4. The summed E-state index contributed by atoms with van der Waals surface area (Å²) in [6.45, 7) is 2.12. The number of piperidine rings is 1. The molecule has 1 amide bonds. The van der Waals surface area contributed by atoms with Crippen LogP contribution in [0.15, 0.2) is 72.8 Å². The molecule has 2 heterocycles. The lowest BCUT2D eigenvalue weighted by Crippen LogP contribution is -2.43. The SMILES string of the molecule is COC(=O)[C@H](Cc1ccc2nc(-c3c(Cl)cccc3Cl)ccc2c1)NC(=O)c1ccc(CC2CCNCC2)cc1. The lowest BCUT2D eigenvalue weighted by atomic mass is 9.91. The number of aromatic nitrogens is 1. The van der Waals surface area contributed by atoms with E-state index in [1.165, 1.54) is 25.5 Å². The monoisotopic (exact) mass is 575 g/mol. The number of nitrogens with zero attached hydrogens (tertiary/aromatic N) is 1. The summed E-state index contributed by atoms with van der Waals surface area (Å²) < 4.78 is 5.00. The highest BCUT2D eigenvalue weighted by molar-refractivity contribution is 6.39. The molecule has 0 saturated carbocycles. The van der Waals surface area contributed by atoms with Gasteiger partial charge in [0.05, 0.1) is 28.4 Å². The minimum Gasteiger partial charge on any atom is -0.467 e. The summed E-state index contributed by atoms with van der Waals surface area (Å²) in [5, 5.41) is 8.21. The molecule has 1 fully saturated rings. The van der Waals surface area contributed by atoms with Crippen LogP contribution in [0.25, 0.3) is 22.2 Å². The van der Waals surface area contributed by atoms with Crippen molar-refractivity contribution in [2.24, 2.45) is 5.92 Å². The molecule has 5 rings (SSSR count). The smallest absolute Gasteiger partial charge is 0.328 e. The van der Waals surface area contributed by atoms with E-state index < -0.39 is 12.0 Å². The topological polar surface area (TPSA) is 80.3 Å². The first-order chi connectivity index (χ1) is 19.4. The second-order valence-corrected chi connectivity index (χ2v) is 11.0. The van der Waals surface area contributed by atoms with E-state index >= 15 is 0 Å². The minimum atomic E-state index is -0.835. The number of halogens is 2. The van der Waals surface area contributed by atoms with Gasteiger partial charge in [0.2, 0.25) is 0 Å². The third-order valence-corrected chi connectivity index (χ3v) is 8.03. The number of esters is 1. The Morgan fingerprint density at radius 3 is 2.38 bits per heavy atom. The number of nitrogens with one attached hydrogen (secondary N) is 2. The molecule has 0 spiro atoms. The van der Waals surface area contributed by atoms with Crippen LogP contribution in [-0.2, 0) is 22.4 Å². The van der Waals surface area contributed by atoms with E-state index in [4.69, 9.17) is 32.9 Å². The maximum atomic E-state index is 13.0. The van der Waals surface area contributed by atoms with E-state index in [1.54, 1.807) is 18.2 Å². The van der Waals surface area contributed by atoms with E-state index in [1.807, 2.05) is 54.6 Å². The third kappa shape index (κ3) is 6.64. The average molecular weight is 577 g/mol. The zero-order valence-electron chi connectivity index (χ0n) is 22.3. The molecule has 40 heavy (non-hydrogen) atoms. The Balaban J connectivity index is 1.29. The summed E-state index contributed by atoms with van der Waals surface area (Å²) in [5.74, 6) is -0.146. The second kappa shape index (κ2) is 12.8. The van der Waals surface area contributed by atoms with Crippen molar-refractivity contribution < 1.29 is 14.3 Å². The Labute approximate surface area is 244 Å². The van der Waals surface area contributed by atoms with Crippen LogP contribution >= 0.6 is 23.2 Å². The number of methoxy groups -OCH3 is 1. The van der Waals surface area contributed by atoms with Gasteiger partial charge in [0.1, 0.15) is 6.04 Å². The van der Waals surface area contributed by atoms with Crippen molar-refractivity contribution in [2.75, 3.05) is 20.2 Å². The van der Waals surface area contributed by atoms with Crippen molar-refractivity contribution >= 4 is 46.0 Å². The summed E-state index contributed by atoms with van der Waals surface area (Å²) >= 11 is 12.7. The quantitative estimate of drug-likeness (QED) is 0.242. The van der Waals surface area contributed by atoms with Gasteiger partial charge in [-0.3, -0.25) is 4.79 Å². The maximum absolute atomic E-state index is 13.0. The van der Waals surface area contributed by atoms with Gasteiger partial charge in [-0.15, -0.1) is 0 Å². The number of carbonyl (C=O) groups excluding carboxylic acids is 2. The van der Waals surface area contributed by atoms with Gasteiger partial charge in [0.15, 0.2) is 0 Å². The molecule has 0 radical (unpaired) electrons. The van der Waals surface area contributed by atoms with Crippen LogP contribution in [0.5, 0.6) is 0 Å². The van der Waals surface area contributed by atoms with Crippen molar-refractivity contribution in [3.8, 4) is 11.3 Å². The van der Waals surface area contributed by atoms with Crippen LogP contribution in [0, 0.1) is 5.92 Å². The van der Waals surface area contributed by atoms with Crippen LogP contribution in [-0.4, -0.2) is 43.1 Å². The Morgan fingerprint density at radius 1 is 0.975 bits per heavy atom. The Hall–Kier alpha value is -3.45. The molecule has 1 saturated heterocycles. The van der Waals surface area contributed by atoms with Crippen molar-refractivity contribution in [3.63, 3.8) is 0 Å². The molecule has 206 valence electrons. The first-order valence-corrected chi connectivity index (χ1v) is 14.2. The highest BCUT2D eigenvalue weighted by atomic mass is 35.5. The Bertz CT molecular complexity index is 1500. The first kappa shape index (κ1) is 28.1. The second-order valence-electron chi connectivity index (χ2n) is 10.2. The van der Waals surface area contributed by atoms with E-state index in [0.29, 0.717) is 32.8 Å². The van der Waals surface area contributed by atoms with Gasteiger partial charge in [-0.05, 0) is 91.9 Å². The molecular weight excluding hydrogens is 545 g/mol. The molecule has 0 bridgehead atoms. The summed E-state index contributed by atoms with van der Waals surface area (Å²) in [4.78, 5) is 30.4. The zero-order valence-corrected chi connectivity index (χ0v) is 23.8. The normalized spacial score (nSPS) is 14.6. The van der Waals surface area contributed by atoms with E-state index in [9.17, 15) is 9.59 Å². The van der Waals surface area contributed by atoms with Gasteiger partial charge in [-0.1, -0.05) is 53.5 Å². The lowest BCUT2D eigenvalue weighted by Gasteiger charge is -2.22. The van der Waals surface area contributed by atoms with E-state index in [-0.39, 0.29) is 12.3 Å². The fourth-order valence-electron chi connectivity index (χ4n) is 5.21. The molecule has 1 atom stereocenters. The molecule has 0 unspecified atom stereocenters. The predicted octanol–water partition coefficient (Wildman–Crippen LogP) is 6.26. The Morgan fingerprint density at radius 2 is 1.68 bits per heavy atom. The summed E-state index contributed by atoms with van der Waals surface area (Å²) in [6.07, 6.45) is 3.63. The standard InChI is InChI=1S/C32H31Cl2N3O3/c1-40-32(39)29(37-31(38)23-8-5-20(6-9-23)17-21-13-15-35-16-14-21)19-22-7-11-27-24(18-22)10-12-28(36-27)30-25(33)3-2-4-26(30)34/h2-12,18,21,29,35H,13-17,19H2,1H3,(H,37,38)/t29-/m0/s1. The molecular formula is C32H31Cl2N3O3. The van der Waals surface area contributed by atoms with Crippen LogP contribution in [0.3, 0.4) is 0 Å². The van der Waals surface area contributed by atoms with Crippen LogP contribution in [0.4, 0.5) is 0 Å². The Kier molecular flexibility index (Phi) is 9.00. The van der Waals surface area contributed by atoms with Gasteiger partial charge in [0.25, 0.3) is 5.91 Å². The number of pyridine rings is 1. The van der Waals surface area contributed by atoms with Crippen LogP contribution < -0.4 is 10.6 Å².